The molecule has 4 rings (SSSR count). The van der Waals surface area contributed by atoms with E-state index in [1.165, 1.54) is 20.1 Å². The van der Waals surface area contributed by atoms with Gasteiger partial charge in [0.25, 0.3) is 5.91 Å². The van der Waals surface area contributed by atoms with E-state index >= 15 is 0 Å². The lowest BCUT2D eigenvalue weighted by atomic mass is 9.73. The maximum Gasteiger partial charge on any atom is 0.429 e. The third kappa shape index (κ3) is 8.89. The smallest absolute Gasteiger partial charge is 0.429 e. The number of hydrogen-bond donors (Lipinski definition) is 2. The number of aliphatic hydroxyl groups is 1. The van der Waals surface area contributed by atoms with Crippen molar-refractivity contribution in [2.24, 2.45) is 23.7 Å². The molecule has 0 radical (unpaired) electrons. The number of benzene rings is 1. The summed E-state index contributed by atoms with van der Waals surface area (Å²) in [6.45, 7) is 13.3. The third-order valence-corrected chi connectivity index (χ3v) is 11.5. The summed E-state index contributed by atoms with van der Waals surface area (Å²) in [5.74, 6) is -6.31. The number of carbonyl (C=O) groups excluding carboxylic acids is 5. The van der Waals surface area contributed by atoms with E-state index in [9.17, 15) is 29.1 Å². The van der Waals surface area contributed by atoms with Gasteiger partial charge in [0.05, 0.1) is 17.8 Å². The van der Waals surface area contributed by atoms with E-state index in [4.69, 9.17) is 23.7 Å². The first-order chi connectivity index (χ1) is 25.3. The minimum absolute atomic E-state index is 0.0465. The van der Waals surface area contributed by atoms with Crippen molar-refractivity contribution in [3.05, 3.63) is 42.0 Å². The number of nitrogens with one attached hydrogen (secondary N) is 1. The Bertz CT molecular complexity index is 1550. The van der Waals surface area contributed by atoms with Gasteiger partial charge in [-0.3, -0.25) is 24.6 Å². The highest BCUT2D eigenvalue weighted by Gasteiger charge is 2.61. The molecule has 0 spiro atoms. The SMILES string of the molecule is CC[C@H]1OC(=O)[C@H](C)C(=O)[C@H](C)[C@@H](O[C@@H]2O[C@H](C)C[C@H](N(C)C)[C@H]2O)[C@](C)(OC)C[C@@H](C)C(=O)[C@H](C)[C@H]2N(NC(=O)/C=C/c3ccccc3)C(=O)O[C@]12C. The van der Waals surface area contributed by atoms with Crippen molar-refractivity contribution in [1.29, 1.82) is 0 Å². The van der Waals surface area contributed by atoms with Crippen molar-refractivity contribution >= 4 is 35.6 Å². The Hall–Kier alpha value is -3.69. The van der Waals surface area contributed by atoms with Crippen molar-refractivity contribution in [1.82, 2.24) is 15.3 Å². The molecule has 2 N–H and O–H groups in total. The second-order valence-corrected chi connectivity index (χ2v) is 15.8. The minimum atomic E-state index is -1.62. The molecule has 3 fully saturated rings. The fraction of sp³-hybridized carbons (Fsp3) is 0.675. The van der Waals surface area contributed by atoms with Gasteiger partial charge in [0.1, 0.15) is 30.0 Å². The van der Waals surface area contributed by atoms with Crippen LogP contribution in [0.3, 0.4) is 0 Å². The largest absolute Gasteiger partial charge is 0.457 e. The number of esters is 1. The van der Waals surface area contributed by atoms with E-state index in [0.717, 1.165) is 10.6 Å². The summed E-state index contributed by atoms with van der Waals surface area (Å²) in [6, 6.07) is 7.68. The summed E-state index contributed by atoms with van der Waals surface area (Å²) >= 11 is 0. The van der Waals surface area contributed by atoms with Crippen LogP contribution in [0.5, 0.6) is 0 Å². The average Bonchev–Trinajstić information content (AvgIpc) is 3.39. The van der Waals surface area contributed by atoms with Crippen LogP contribution in [0.2, 0.25) is 0 Å². The number of carbonyl (C=O) groups is 5. The zero-order chi connectivity index (χ0) is 40.3. The first-order valence-electron chi connectivity index (χ1n) is 18.8. The highest BCUT2D eigenvalue weighted by molar-refractivity contribution is 6.00. The summed E-state index contributed by atoms with van der Waals surface area (Å²) in [5, 5.41) is 12.4. The van der Waals surface area contributed by atoms with Crippen LogP contribution in [-0.4, -0.2) is 120 Å². The summed E-state index contributed by atoms with van der Waals surface area (Å²) in [4.78, 5) is 71.4. The molecule has 14 heteroatoms. The molecule has 0 saturated carbocycles. The Labute approximate surface area is 318 Å². The van der Waals surface area contributed by atoms with Crippen LogP contribution in [0.4, 0.5) is 4.79 Å². The second kappa shape index (κ2) is 17.4. The molecular formula is C40H59N3O11. The molecule has 3 aliphatic rings. The number of ether oxygens (including phenoxy) is 5. The van der Waals surface area contributed by atoms with Gasteiger partial charge in [-0.2, -0.15) is 0 Å². The molecule has 14 nitrogen and oxygen atoms in total. The number of Topliss-reactive ketones (excluding diaryl/α,β-unsaturated/α-hetero) is 2. The van der Waals surface area contributed by atoms with Crippen LogP contribution in [0.25, 0.3) is 6.08 Å². The van der Waals surface area contributed by atoms with E-state index in [0.29, 0.717) is 6.42 Å². The standard InChI is InChI=1S/C40H59N3O11/c1-12-29-40(8)34(43(38(49)54-40)41-30(44)19-18-27-16-14-13-15-17-27)24(4)31(45)22(2)21-39(7,50-11)35(25(5)32(46)26(6)36(48)52-29)53-37-33(47)28(42(9)10)20-23(3)51-37/h13-19,22-26,28-29,33-35,37,47H,12,20-21H2,1-11H3,(H,41,44)/b19-18+/t22-,23-,24+,25+,26-,28+,29-,33-,34-,35-,37+,39-,40-/m1/s1. The number of amides is 2. The van der Waals surface area contributed by atoms with Crippen molar-refractivity contribution < 1.29 is 52.8 Å². The zero-order valence-corrected chi connectivity index (χ0v) is 33.4. The molecule has 0 aromatic heterocycles. The molecule has 0 unspecified atom stereocenters. The molecule has 0 bridgehead atoms. The van der Waals surface area contributed by atoms with Gasteiger partial charge in [-0.25, -0.2) is 9.80 Å². The first-order valence-corrected chi connectivity index (χ1v) is 18.8. The number of cyclic esters (lactones) is 1. The van der Waals surface area contributed by atoms with Gasteiger partial charge in [0, 0.05) is 37.0 Å². The van der Waals surface area contributed by atoms with Gasteiger partial charge in [0.15, 0.2) is 17.7 Å². The van der Waals surface area contributed by atoms with E-state index in [1.807, 2.05) is 56.3 Å². The molecule has 300 valence electrons. The third-order valence-electron chi connectivity index (χ3n) is 11.5. The van der Waals surface area contributed by atoms with Gasteiger partial charge < -0.3 is 33.7 Å². The summed E-state index contributed by atoms with van der Waals surface area (Å²) < 4.78 is 30.7. The average molecular weight is 758 g/mol. The maximum absolute atomic E-state index is 14.6. The van der Waals surface area contributed by atoms with Gasteiger partial charge >= 0.3 is 12.1 Å². The fourth-order valence-corrected chi connectivity index (χ4v) is 8.38. The zero-order valence-electron chi connectivity index (χ0n) is 33.4. The van der Waals surface area contributed by atoms with Crippen molar-refractivity contribution in [2.75, 3.05) is 21.2 Å². The van der Waals surface area contributed by atoms with E-state index in [1.54, 1.807) is 47.6 Å². The molecule has 3 heterocycles. The summed E-state index contributed by atoms with van der Waals surface area (Å²) in [6.07, 6.45) is -2.05. The van der Waals surface area contributed by atoms with Crippen LogP contribution >= 0.6 is 0 Å². The minimum Gasteiger partial charge on any atom is -0.457 e. The Balaban J connectivity index is 1.76. The van der Waals surface area contributed by atoms with E-state index in [-0.39, 0.29) is 30.8 Å². The van der Waals surface area contributed by atoms with Crippen LogP contribution < -0.4 is 5.43 Å². The molecule has 0 aliphatic carbocycles. The molecule has 1 aromatic rings. The maximum atomic E-state index is 14.6. The quantitative estimate of drug-likeness (QED) is 0.223. The van der Waals surface area contributed by atoms with Gasteiger partial charge in [0.2, 0.25) is 0 Å². The summed E-state index contributed by atoms with van der Waals surface area (Å²) in [5.41, 5.74) is 0.411. The molecule has 2 amide bonds. The van der Waals surface area contributed by atoms with Crippen molar-refractivity contribution in [3.63, 3.8) is 0 Å². The van der Waals surface area contributed by atoms with Crippen molar-refractivity contribution in [2.45, 2.75) is 129 Å². The molecular weight excluding hydrogens is 698 g/mol. The Morgan fingerprint density at radius 3 is 2.28 bits per heavy atom. The van der Waals surface area contributed by atoms with Crippen LogP contribution in [-0.2, 0) is 42.9 Å². The van der Waals surface area contributed by atoms with Crippen molar-refractivity contribution in [3.8, 4) is 0 Å². The Morgan fingerprint density at radius 2 is 1.69 bits per heavy atom. The molecule has 3 aliphatic heterocycles. The number of methoxy groups -OCH3 is 1. The van der Waals surface area contributed by atoms with Gasteiger partial charge in [-0.15, -0.1) is 0 Å². The number of aliphatic hydroxyl groups excluding tert-OH is 1. The number of fused-ring (bicyclic) bond motifs is 1. The predicted octanol–water partition coefficient (Wildman–Crippen LogP) is 3.93. The van der Waals surface area contributed by atoms with E-state index < -0.39 is 89.3 Å². The van der Waals surface area contributed by atoms with Gasteiger partial charge in [-0.05, 0) is 72.7 Å². The normalized spacial score (nSPS) is 38.5. The first kappa shape index (κ1) is 43.0. The van der Waals surface area contributed by atoms with Crippen LogP contribution in [0, 0.1) is 23.7 Å². The van der Waals surface area contributed by atoms with Crippen LogP contribution in [0.1, 0.15) is 80.2 Å². The number of hydrazine groups is 1. The number of hydrogen-bond acceptors (Lipinski definition) is 12. The molecule has 54 heavy (non-hydrogen) atoms. The lowest BCUT2D eigenvalue weighted by molar-refractivity contribution is -0.295. The number of likely N-dealkylation sites (N-methyl/N-ethyl adjacent to an activating group) is 1. The molecule has 3 saturated heterocycles. The molecule has 13 atom stereocenters. The Morgan fingerprint density at radius 1 is 1.04 bits per heavy atom. The fourth-order valence-electron chi connectivity index (χ4n) is 8.38. The monoisotopic (exact) mass is 757 g/mol. The second-order valence-electron chi connectivity index (χ2n) is 15.8. The van der Waals surface area contributed by atoms with E-state index in [2.05, 4.69) is 5.43 Å². The molecule has 1 aromatic carbocycles. The lowest BCUT2D eigenvalue weighted by Gasteiger charge is -2.47. The number of rotatable bonds is 8. The number of nitrogens with zero attached hydrogens (tertiary/aromatic N) is 2. The highest BCUT2D eigenvalue weighted by atomic mass is 16.7. The lowest BCUT2D eigenvalue weighted by Crippen LogP contribution is -2.61. The number of ketones is 2. The summed E-state index contributed by atoms with van der Waals surface area (Å²) in [7, 11) is 5.15. The van der Waals surface area contributed by atoms with Crippen LogP contribution in [0.15, 0.2) is 36.4 Å². The van der Waals surface area contributed by atoms with Gasteiger partial charge in [-0.1, -0.05) is 58.0 Å². The predicted molar refractivity (Wildman–Crippen MR) is 198 cm³/mol. The Kier molecular flexibility index (Phi) is 13.9. The topological polar surface area (TPSA) is 170 Å². The highest BCUT2D eigenvalue weighted by Crippen LogP contribution is 2.42.